The van der Waals surface area contributed by atoms with Crippen LogP contribution in [0, 0.1) is 5.82 Å². The van der Waals surface area contributed by atoms with Gasteiger partial charge in [-0.1, -0.05) is 12.1 Å². The Bertz CT molecular complexity index is 831. The Balaban J connectivity index is 1.73. The molecular formula is C17H13FN2O2S. The number of aromatic nitrogens is 1. The number of hydrogen-bond acceptors (Lipinski definition) is 4. The molecule has 1 aromatic heterocycles. The van der Waals surface area contributed by atoms with Crippen LogP contribution in [0.3, 0.4) is 0 Å². The zero-order chi connectivity index (χ0) is 16.2. The molecule has 3 aromatic rings. The second-order valence-corrected chi connectivity index (χ2v) is 5.66. The van der Waals surface area contributed by atoms with Gasteiger partial charge in [-0.15, -0.1) is 11.3 Å². The minimum absolute atomic E-state index is 0.224. The SMILES string of the molecule is NC(=O)c1ccccc1OCc1csc(-c2ccc(F)cc2)n1. The van der Waals surface area contributed by atoms with Crippen LogP contribution in [0.15, 0.2) is 53.9 Å². The fourth-order valence-electron chi connectivity index (χ4n) is 2.05. The number of benzene rings is 2. The van der Waals surface area contributed by atoms with Gasteiger partial charge in [-0.05, 0) is 36.4 Å². The van der Waals surface area contributed by atoms with Gasteiger partial charge in [0.1, 0.15) is 23.2 Å². The summed E-state index contributed by atoms with van der Waals surface area (Å²) in [4.78, 5) is 15.8. The molecule has 0 radical (unpaired) electrons. The van der Waals surface area contributed by atoms with Crippen molar-refractivity contribution in [3.8, 4) is 16.3 Å². The van der Waals surface area contributed by atoms with E-state index in [-0.39, 0.29) is 12.4 Å². The van der Waals surface area contributed by atoms with Crippen LogP contribution in [0.5, 0.6) is 5.75 Å². The monoisotopic (exact) mass is 328 g/mol. The molecule has 1 heterocycles. The molecule has 0 atom stereocenters. The van der Waals surface area contributed by atoms with E-state index in [1.807, 2.05) is 5.38 Å². The lowest BCUT2D eigenvalue weighted by Gasteiger charge is -2.07. The number of nitrogens with two attached hydrogens (primary N) is 1. The fraction of sp³-hybridized carbons (Fsp3) is 0.0588. The standard InChI is InChI=1S/C17H13FN2O2S/c18-12-7-5-11(6-8-12)17-20-13(10-23-17)9-22-15-4-2-1-3-14(15)16(19)21/h1-8,10H,9H2,(H2,19,21). The Kier molecular flexibility index (Phi) is 4.34. The molecule has 0 saturated carbocycles. The molecule has 0 bridgehead atoms. The predicted octanol–water partition coefficient (Wildman–Crippen LogP) is 3.63. The smallest absolute Gasteiger partial charge is 0.252 e. The molecule has 6 heteroatoms. The van der Waals surface area contributed by atoms with E-state index in [1.165, 1.54) is 23.5 Å². The maximum Gasteiger partial charge on any atom is 0.252 e. The number of ether oxygens (including phenoxy) is 1. The number of thiazole rings is 1. The first kappa shape index (κ1) is 15.2. The van der Waals surface area contributed by atoms with E-state index in [0.29, 0.717) is 11.3 Å². The van der Waals surface area contributed by atoms with Crippen LogP contribution < -0.4 is 10.5 Å². The van der Waals surface area contributed by atoms with Gasteiger partial charge in [-0.2, -0.15) is 0 Å². The zero-order valence-corrected chi connectivity index (χ0v) is 12.8. The third kappa shape index (κ3) is 3.54. The Morgan fingerprint density at radius 3 is 2.65 bits per heavy atom. The summed E-state index contributed by atoms with van der Waals surface area (Å²) in [5, 5.41) is 2.65. The summed E-state index contributed by atoms with van der Waals surface area (Å²) in [6.07, 6.45) is 0. The summed E-state index contributed by atoms with van der Waals surface area (Å²) in [5.41, 5.74) is 7.22. The molecule has 0 unspecified atom stereocenters. The molecule has 2 aromatic carbocycles. The van der Waals surface area contributed by atoms with Crippen LogP contribution in [-0.2, 0) is 6.61 Å². The number of para-hydroxylation sites is 1. The maximum absolute atomic E-state index is 12.9. The number of amides is 1. The van der Waals surface area contributed by atoms with Crippen molar-refractivity contribution in [1.29, 1.82) is 0 Å². The molecule has 1 amide bonds. The first-order valence-corrected chi connectivity index (χ1v) is 7.73. The lowest BCUT2D eigenvalue weighted by atomic mass is 10.2. The molecule has 2 N–H and O–H groups in total. The molecule has 4 nitrogen and oxygen atoms in total. The van der Waals surface area contributed by atoms with E-state index >= 15 is 0 Å². The summed E-state index contributed by atoms with van der Waals surface area (Å²) >= 11 is 1.45. The van der Waals surface area contributed by atoms with Crippen molar-refractivity contribution in [2.45, 2.75) is 6.61 Å². The van der Waals surface area contributed by atoms with Crippen molar-refractivity contribution in [3.63, 3.8) is 0 Å². The second-order valence-electron chi connectivity index (χ2n) is 4.80. The third-order valence-electron chi connectivity index (χ3n) is 3.17. The molecule has 0 aliphatic rings. The minimum Gasteiger partial charge on any atom is -0.486 e. The number of halogens is 1. The summed E-state index contributed by atoms with van der Waals surface area (Å²) in [6, 6.07) is 13.0. The van der Waals surface area contributed by atoms with E-state index < -0.39 is 5.91 Å². The van der Waals surface area contributed by atoms with Gasteiger partial charge in [0.25, 0.3) is 5.91 Å². The topological polar surface area (TPSA) is 65.2 Å². The van der Waals surface area contributed by atoms with Crippen LogP contribution >= 0.6 is 11.3 Å². The van der Waals surface area contributed by atoms with E-state index in [9.17, 15) is 9.18 Å². The average molecular weight is 328 g/mol. The van der Waals surface area contributed by atoms with Crippen LogP contribution in [0.4, 0.5) is 4.39 Å². The summed E-state index contributed by atoms with van der Waals surface area (Å²) in [7, 11) is 0. The maximum atomic E-state index is 12.9. The van der Waals surface area contributed by atoms with Gasteiger partial charge in [0, 0.05) is 10.9 Å². The van der Waals surface area contributed by atoms with Crippen LogP contribution in [-0.4, -0.2) is 10.9 Å². The third-order valence-corrected chi connectivity index (χ3v) is 4.11. The van der Waals surface area contributed by atoms with E-state index in [4.69, 9.17) is 10.5 Å². The molecule has 3 rings (SSSR count). The highest BCUT2D eigenvalue weighted by Gasteiger charge is 2.10. The molecule has 116 valence electrons. The van der Waals surface area contributed by atoms with E-state index in [0.717, 1.165) is 16.3 Å². The summed E-state index contributed by atoms with van der Waals surface area (Å²) in [6.45, 7) is 0.224. The lowest BCUT2D eigenvalue weighted by molar-refractivity contribution is 0.0996. The fourth-order valence-corrected chi connectivity index (χ4v) is 2.86. The van der Waals surface area contributed by atoms with Crippen molar-refractivity contribution in [2.75, 3.05) is 0 Å². The van der Waals surface area contributed by atoms with Crippen molar-refractivity contribution < 1.29 is 13.9 Å². The van der Waals surface area contributed by atoms with Gasteiger partial charge in [-0.3, -0.25) is 4.79 Å². The van der Waals surface area contributed by atoms with Crippen molar-refractivity contribution in [3.05, 3.63) is 71.0 Å². The molecule has 0 aliphatic heterocycles. The Labute approximate surface area is 136 Å². The van der Waals surface area contributed by atoms with Gasteiger partial charge in [0.05, 0.1) is 11.3 Å². The van der Waals surface area contributed by atoms with Gasteiger partial charge in [0.2, 0.25) is 0 Å². The zero-order valence-electron chi connectivity index (χ0n) is 12.0. The normalized spacial score (nSPS) is 10.5. The van der Waals surface area contributed by atoms with Gasteiger partial charge >= 0.3 is 0 Å². The Hall–Kier alpha value is -2.73. The first-order valence-electron chi connectivity index (χ1n) is 6.85. The number of primary amides is 1. The number of carbonyl (C=O) groups is 1. The molecule has 0 saturated heterocycles. The Morgan fingerprint density at radius 2 is 1.91 bits per heavy atom. The molecular weight excluding hydrogens is 315 g/mol. The van der Waals surface area contributed by atoms with E-state index in [2.05, 4.69) is 4.98 Å². The molecule has 0 fully saturated rings. The highest BCUT2D eigenvalue weighted by molar-refractivity contribution is 7.13. The number of hydrogen-bond donors (Lipinski definition) is 1. The summed E-state index contributed by atoms with van der Waals surface area (Å²) < 4.78 is 18.6. The van der Waals surface area contributed by atoms with Crippen molar-refractivity contribution >= 4 is 17.2 Å². The molecule has 0 spiro atoms. The van der Waals surface area contributed by atoms with Crippen LogP contribution in [0.1, 0.15) is 16.1 Å². The lowest BCUT2D eigenvalue weighted by Crippen LogP contribution is -2.12. The largest absolute Gasteiger partial charge is 0.486 e. The van der Waals surface area contributed by atoms with E-state index in [1.54, 1.807) is 36.4 Å². The average Bonchev–Trinajstić information content (AvgIpc) is 3.03. The quantitative estimate of drug-likeness (QED) is 0.778. The molecule has 0 aliphatic carbocycles. The van der Waals surface area contributed by atoms with Crippen LogP contribution in [0.2, 0.25) is 0 Å². The van der Waals surface area contributed by atoms with Crippen molar-refractivity contribution in [2.24, 2.45) is 5.73 Å². The predicted molar refractivity (Wildman–Crippen MR) is 86.8 cm³/mol. The van der Waals surface area contributed by atoms with Gasteiger partial charge < -0.3 is 10.5 Å². The highest BCUT2D eigenvalue weighted by Crippen LogP contribution is 2.25. The van der Waals surface area contributed by atoms with Gasteiger partial charge in [0.15, 0.2) is 0 Å². The van der Waals surface area contributed by atoms with Gasteiger partial charge in [-0.25, -0.2) is 9.37 Å². The minimum atomic E-state index is -0.536. The summed E-state index contributed by atoms with van der Waals surface area (Å²) in [5.74, 6) is -0.390. The number of rotatable bonds is 5. The van der Waals surface area contributed by atoms with Crippen molar-refractivity contribution in [1.82, 2.24) is 4.98 Å². The highest BCUT2D eigenvalue weighted by atomic mass is 32.1. The number of nitrogens with zero attached hydrogens (tertiary/aromatic N) is 1. The van der Waals surface area contributed by atoms with Crippen LogP contribution in [0.25, 0.3) is 10.6 Å². The second kappa shape index (κ2) is 6.58. The molecule has 23 heavy (non-hydrogen) atoms. The Morgan fingerprint density at radius 1 is 1.17 bits per heavy atom. The number of carbonyl (C=O) groups excluding carboxylic acids is 1. The first-order chi connectivity index (χ1) is 11.1.